The summed E-state index contributed by atoms with van der Waals surface area (Å²) in [4.78, 5) is 23.5. The fourth-order valence-corrected chi connectivity index (χ4v) is 4.09. The van der Waals surface area contributed by atoms with Crippen molar-refractivity contribution in [1.29, 1.82) is 0 Å². The van der Waals surface area contributed by atoms with E-state index in [1.54, 1.807) is 12.1 Å². The van der Waals surface area contributed by atoms with E-state index in [1.807, 2.05) is 6.07 Å². The Balaban J connectivity index is 1.91. The number of anilines is 1. The fourth-order valence-electron chi connectivity index (χ4n) is 3.29. The maximum absolute atomic E-state index is 12.8. The zero-order valence-corrected chi connectivity index (χ0v) is 17.5. The number of nitro groups is 1. The van der Waals surface area contributed by atoms with Crippen molar-refractivity contribution in [3.8, 4) is 11.5 Å². The van der Waals surface area contributed by atoms with Gasteiger partial charge in [0.25, 0.3) is 11.6 Å². The molecule has 0 radical (unpaired) electrons. The average molecular weight is 435 g/mol. The number of nitro benzene ring substituents is 1. The Kier molecular flexibility index (Phi) is 5.94. The zero-order valence-electron chi connectivity index (χ0n) is 16.7. The third-order valence-electron chi connectivity index (χ3n) is 4.85. The van der Waals surface area contributed by atoms with Gasteiger partial charge in [0, 0.05) is 24.8 Å². The second kappa shape index (κ2) is 8.28. The number of amides is 1. The van der Waals surface area contributed by atoms with E-state index in [0.717, 1.165) is 23.4 Å². The minimum atomic E-state index is -3.33. The van der Waals surface area contributed by atoms with E-state index >= 15 is 0 Å². The molecular weight excluding hydrogens is 414 g/mol. The summed E-state index contributed by atoms with van der Waals surface area (Å²) < 4.78 is 35.2. The lowest BCUT2D eigenvalue weighted by atomic mass is 10.0. The summed E-state index contributed by atoms with van der Waals surface area (Å²) in [5.41, 5.74) is 1.55. The number of sulfonamides is 1. The average Bonchev–Trinajstić information content (AvgIpc) is 2.71. The number of nitrogens with one attached hydrogen (secondary N) is 1. The van der Waals surface area contributed by atoms with Crippen molar-refractivity contribution in [3.05, 3.63) is 57.1 Å². The first-order chi connectivity index (χ1) is 14.1. The molecule has 11 heteroatoms. The first-order valence-corrected chi connectivity index (χ1v) is 10.8. The molecule has 2 aromatic rings. The molecular formula is C19H21N3O7S. The maximum atomic E-state index is 12.8. The van der Waals surface area contributed by atoms with Gasteiger partial charge in [0.05, 0.1) is 31.5 Å². The van der Waals surface area contributed by atoms with Crippen LogP contribution < -0.4 is 14.8 Å². The predicted octanol–water partition coefficient (Wildman–Crippen LogP) is 2.18. The molecule has 0 spiro atoms. The lowest BCUT2D eigenvalue weighted by Gasteiger charge is -2.27. The number of nitrogens with zero attached hydrogens (tertiary/aromatic N) is 2. The van der Waals surface area contributed by atoms with Crippen molar-refractivity contribution in [2.45, 2.75) is 13.0 Å². The van der Waals surface area contributed by atoms with Crippen LogP contribution in [0.5, 0.6) is 11.5 Å². The fraction of sp³-hybridized carbons (Fsp3) is 0.316. The highest BCUT2D eigenvalue weighted by molar-refractivity contribution is 7.88. The van der Waals surface area contributed by atoms with Crippen LogP contribution in [0.15, 0.2) is 30.3 Å². The van der Waals surface area contributed by atoms with Crippen LogP contribution >= 0.6 is 0 Å². The van der Waals surface area contributed by atoms with E-state index in [1.165, 1.54) is 24.6 Å². The van der Waals surface area contributed by atoms with E-state index < -0.39 is 26.5 Å². The molecule has 1 amide bonds. The summed E-state index contributed by atoms with van der Waals surface area (Å²) >= 11 is 0. The van der Waals surface area contributed by atoms with Crippen LogP contribution in [-0.4, -0.2) is 50.6 Å². The van der Waals surface area contributed by atoms with Crippen LogP contribution in [-0.2, 0) is 23.0 Å². The van der Waals surface area contributed by atoms with E-state index in [9.17, 15) is 23.3 Å². The molecule has 30 heavy (non-hydrogen) atoms. The molecule has 0 aromatic heterocycles. The van der Waals surface area contributed by atoms with Crippen LogP contribution in [0.2, 0.25) is 0 Å². The standard InChI is InChI=1S/C19H21N3O7S/c1-28-17-9-15(16(22(24)25)10-18(17)29-2)19(23)20-14-5-4-12-6-7-21(30(3,26)27)11-13(12)8-14/h4-5,8-10H,6-7,11H2,1-3H3,(H,20,23). The summed E-state index contributed by atoms with van der Waals surface area (Å²) in [7, 11) is -0.627. The summed E-state index contributed by atoms with van der Waals surface area (Å²) in [6, 6.07) is 7.55. The largest absolute Gasteiger partial charge is 0.493 e. The highest BCUT2D eigenvalue weighted by Gasteiger charge is 2.26. The second-order valence-electron chi connectivity index (χ2n) is 6.77. The van der Waals surface area contributed by atoms with Crippen molar-refractivity contribution in [3.63, 3.8) is 0 Å². The summed E-state index contributed by atoms with van der Waals surface area (Å²) in [6.45, 7) is 0.601. The number of methoxy groups -OCH3 is 2. The Hall–Kier alpha value is -3.18. The number of hydrogen-bond donors (Lipinski definition) is 1. The molecule has 2 aromatic carbocycles. The monoisotopic (exact) mass is 435 g/mol. The Morgan fingerprint density at radius 2 is 1.80 bits per heavy atom. The van der Waals surface area contributed by atoms with Crippen molar-refractivity contribution in [2.24, 2.45) is 0 Å². The van der Waals surface area contributed by atoms with Gasteiger partial charge in [0.2, 0.25) is 10.0 Å². The number of hydrogen-bond acceptors (Lipinski definition) is 7. The molecule has 0 aliphatic carbocycles. The number of ether oxygens (including phenoxy) is 2. The molecule has 0 bridgehead atoms. The van der Waals surface area contributed by atoms with E-state index in [-0.39, 0.29) is 23.6 Å². The van der Waals surface area contributed by atoms with Gasteiger partial charge in [-0.3, -0.25) is 14.9 Å². The SMILES string of the molecule is COc1cc(C(=O)Nc2ccc3c(c2)CN(S(C)(=O)=O)CC3)c([N+](=O)[O-])cc1OC. The van der Waals surface area contributed by atoms with E-state index in [4.69, 9.17) is 9.47 Å². The van der Waals surface area contributed by atoms with Crippen molar-refractivity contribution in [1.82, 2.24) is 4.31 Å². The first kappa shape index (κ1) is 21.5. The highest BCUT2D eigenvalue weighted by atomic mass is 32.2. The molecule has 160 valence electrons. The molecule has 1 aliphatic rings. The molecule has 1 heterocycles. The topological polar surface area (TPSA) is 128 Å². The highest BCUT2D eigenvalue weighted by Crippen LogP contribution is 2.35. The van der Waals surface area contributed by atoms with E-state index in [0.29, 0.717) is 18.7 Å². The zero-order chi connectivity index (χ0) is 22.1. The van der Waals surface area contributed by atoms with Gasteiger partial charge in [-0.15, -0.1) is 0 Å². The number of benzene rings is 2. The number of carbonyl (C=O) groups is 1. The van der Waals surface area contributed by atoms with Gasteiger partial charge in [-0.2, -0.15) is 4.31 Å². The third kappa shape index (κ3) is 4.36. The van der Waals surface area contributed by atoms with Crippen molar-refractivity contribution >= 4 is 27.3 Å². The minimum Gasteiger partial charge on any atom is -0.493 e. The van der Waals surface area contributed by atoms with Gasteiger partial charge in [-0.25, -0.2) is 8.42 Å². The lowest BCUT2D eigenvalue weighted by Crippen LogP contribution is -2.35. The Labute approximate surface area is 173 Å². The van der Waals surface area contributed by atoms with Gasteiger partial charge in [-0.1, -0.05) is 6.07 Å². The Morgan fingerprint density at radius 1 is 1.13 bits per heavy atom. The molecule has 3 rings (SSSR count). The molecule has 1 aliphatic heterocycles. The van der Waals surface area contributed by atoms with Crippen LogP contribution in [0.1, 0.15) is 21.5 Å². The number of rotatable bonds is 6. The molecule has 1 N–H and O–H groups in total. The second-order valence-corrected chi connectivity index (χ2v) is 8.75. The van der Waals surface area contributed by atoms with Gasteiger partial charge in [0.15, 0.2) is 11.5 Å². The third-order valence-corrected chi connectivity index (χ3v) is 6.10. The quantitative estimate of drug-likeness (QED) is 0.544. The van der Waals surface area contributed by atoms with Crippen molar-refractivity contribution in [2.75, 3.05) is 32.3 Å². The smallest absolute Gasteiger partial charge is 0.286 e. The molecule has 0 unspecified atom stereocenters. The van der Waals surface area contributed by atoms with Gasteiger partial charge < -0.3 is 14.8 Å². The number of fused-ring (bicyclic) bond motifs is 1. The normalized spacial score (nSPS) is 14.0. The van der Waals surface area contributed by atoms with Gasteiger partial charge in [-0.05, 0) is 29.7 Å². The van der Waals surface area contributed by atoms with Crippen LogP contribution in [0.3, 0.4) is 0 Å². The molecule has 0 fully saturated rings. The maximum Gasteiger partial charge on any atom is 0.286 e. The van der Waals surface area contributed by atoms with Gasteiger partial charge >= 0.3 is 0 Å². The molecule has 0 atom stereocenters. The van der Waals surface area contributed by atoms with Crippen molar-refractivity contribution < 1.29 is 27.6 Å². The molecule has 0 saturated heterocycles. The van der Waals surface area contributed by atoms with Crippen LogP contribution in [0.25, 0.3) is 0 Å². The number of carbonyl (C=O) groups excluding carboxylic acids is 1. The Bertz CT molecular complexity index is 1120. The van der Waals surface area contributed by atoms with Gasteiger partial charge in [0.1, 0.15) is 5.56 Å². The van der Waals surface area contributed by atoms with Crippen LogP contribution in [0, 0.1) is 10.1 Å². The summed E-state index contributed by atoms with van der Waals surface area (Å²) in [6.07, 6.45) is 1.72. The molecule has 0 saturated carbocycles. The van der Waals surface area contributed by atoms with Crippen LogP contribution in [0.4, 0.5) is 11.4 Å². The first-order valence-electron chi connectivity index (χ1n) is 8.92. The Morgan fingerprint density at radius 3 is 2.40 bits per heavy atom. The minimum absolute atomic E-state index is 0.135. The summed E-state index contributed by atoms with van der Waals surface area (Å²) in [5, 5.41) is 14.1. The lowest BCUT2D eigenvalue weighted by molar-refractivity contribution is -0.385. The van der Waals surface area contributed by atoms with E-state index in [2.05, 4.69) is 5.32 Å². The predicted molar refractivity (Wildman–Crippen MR) is 110 cm³/mol. The summed E-state index contributed by atoms with van der Waals surface area (Å²) in [5.74, 6) is -0.378. The molecule has 10 nitrogen and oxygen atoms in total.